The van der Waals surface area contributed by atoms with E-state index in [1.54, 1.807) is 0 Å². The highest BCUT2D eigenvalue weighted by Gasteiger charge is 2.29. The third-order valence-electron chi connectivity index (χ3n) is 3.71. The first-order valence-corrected chi connectivity index (χ1v) is 7.60. The van der Waals surface area contributed by atoms with Crippen LogP contribution in [0.5, 0.6) is 0 Å². The molecular formula is C14H18BrN3O3. The van der Waals surface area contributed by atoms with Gasteiger partial charge in [-0.3, -0.25) is 19.8 Å². The van der Waals surface area contributed by atoms with Crippen LogP contribution in [0, 0.1) is 10.1 Å². The van der Waals surface area contributed by atoms with Crippen molar-refractivity contribution in [3.63, 3.8) is 0 Å². The molecule has 1 N–H and O–H groups in total. The number of nitro groups is 1. The van der Waals surface area contributed by atoms with Gasteiger partial charge in [-0.05, 0) is 25.8 Å². The van der Waals surface area contributed by atoms with Crippen LogP contribution in [0.25, 0.3) is 0 Å². The average molecular weight is 356 g/mol. The van der Waals surface area contributed by atoms with Crippen molar-refractivity contribution in [2.75, 3.05) is 11.9 Å². The number of carbonyl (C=O) groups is 1. The van der Waals surface area contributed by atoms with Crippen molar-refractivity contribution >= 4 is 33.2 Å². The molecule has 0 saturated carbocycles. The molecule has 1 amide bonds. The highest BCUT2D eigenvalue weighted by atomic mass is 79.9. The summed E-state index contributed by atoms with van der Waals surface area (Å²) < 4.78 is 0.738. The lowest BCUT2D eigenvalue weighted by Gasteiger charge is -2.33. The van der Waals surface area contributed by atoms with Crippen molar-refractivity contribution < 1.29 is 9.72 Å². The fourth-order valence-electron chi connectivity index (χ4n) is 2.61. The quantitative estimate of drug-likeness (QED) is 0.667. The number of hydrogen-bond acceptors (Lipinski definition) is 4. The Morgan fingerprint density at radius 3 is 2.67 bits per heavy atom. The van der Waals surface area contributed by atoms with E-state index < -0.39 is 4.92 Å². The number of nitrogens with zero attached hydrogens (tertiary/aromatic N) is 2. The molecule has 0 aliphatic carbocycles. The summed E-state index contributed by atoms with van der Waals surface area (Å²) in [6.07, 6.45) is 0.804. The summed E-state index contributed by atoms with van der Waals surface area (Å²) in [5.41, 5.74) is 2.14. The summed E-state index contributed by atoms with van der Waals surface area (Å²) in [6, 6.07) is 1.83. The zero-order valence-corrected chi connectivity index (χ0v) is 13.9. The molecule has 1 aliphatic rings. The van der Waals surface area contributed by atoms with E-state index in [0.29, 0.717) is 18.3 Å². The summed E-state index contributed by atoms with van der Waals surface area (Å²) in [5, 5.41) is 13.9. The first kappa shape index (κ1) is 15.9. The van der Waals surface area contributed by atoms with E-state index in [1.807, 2.05) is 0 Å². The Hall–Kier alpha value is -1.47. The fourth-order valence-corrected chi connectivity index (χ4v) is 3.27. The second-order valence-electron chi connectivity index (χ2n) is 5.46. The molecule has 1 heterocycles. The maximum absolute atomic E-state index is 11.4. The molecule has 1 aliphatic heterocycles. The summed E-state index contributed by atoms with van der Waals surface area (Å²) >= 11 is 3.42. The van der Waals surface area contributed by atoms with Crippen molar-refractivity contribution in [2.24, 2.45) is 0 Å². The molecule has 0 unspecified atom stereocenters. The van der Waals surface area contributed by atoms with Gasteiger partial charge in [0, 0.05) is 42.2 Å². The number of anilines is 1. The van der Waals surface area contributed by atoms with E-state index in [-0.39, 0.29) is 11.6 Å². The fraction of sp³-hybridized carbons (Fsp3) is 0.500. The molecular weight excluding hydrogens is 338 g/mol. The minimum Gasteiger partial charge on any atom is -0.320 e. The SMILES string of the molecule is CC(=O)Nc1c([N+](=O)[O-])cc(Br)c2c1CN(C(C)C)CC2. The molecule has 0 aromatic heterocycles. The molecule has 1 aromatic rings. The van der Waals surface area contributed by atoms with Crippen LogP contribution in [0.4, 0.5) is 11.4 Å². The van der Waals surface area contributed by atoms with Gasteiger partial charge in [0.25, 0.3) is 5.69 Å². The van der Waals surface area contributed by atoms with Gasteiger partial charge in [-0.15, -0.1) is 0 Å². The summed E-state index contributed by atoms with van der Waals surface area (Å²) in [5.74, 6) is -0.302. The largest absolute Gasteiger partial charge is 0.320 e. The number of fused-ring (bicyclic) bond motifs is 1. The second-order valence-corrected chi connectivity index (χ2v) is 6.32. The van der Waals surface area contributed by atoms with E-state index >= 15 is 0 Å². The van der Waals surface area contributed by atoms with Gasteiger partial charge in [0.15, 0.2) is 0 Å². The van der Waals surface area contributed by atoms with Crippen LogP contribution in [0.3, 0.4) is 0 Å². The number of halogens is 1. The van der Waals surface area contributed by atoms with E-state index in [2.05, 4.69) is 40.0 Å². The average Bonchev–Trinajstić information content (AvgIpc) is 2.40. The smallest absolute Gasteiger partial charge is 0.294 e. The summed E-state index contributed by atoms with van der Waals surface area (Å²) in [4.78, 5) is 24.5. The molecule has 0 fully saturated rings. The number of carbonyl (C=O) groups excluding carboxylic acids is 1. The number of rotatable bonds is 3. The molecule has 0 bridgehead atoms. The third-order valence-corrected chi connectivity index (χ3v) is 4.42. The molecule has 2 rings (SSSR count). The molecule has 0 radical (unpaired) electrons. The highest BCUT2D eigenvalue weighted by Crippen LogP contribution is 2.39. The van der Waals surface area contributed by atoms with E-state index in [4.69, 9.17) is 0 Å². The Balaban J connectivity index is 2.59. The molecule has 0 saturated heterocycles. The number of nitro benzene ring substituents is 1. The number of benzene rings is 1. The van der Waals surface area contributed by atoms with Gasteiger partial charge in [0.1, 0.15) is 5.69 Å². The maximum atomic E-state index is 11.4. The van der Waals surface area contributed by atoms with Crippen LogP contribution in [0.15, 0.2) is 10.5 Å². The first-order chi connectivity index (χ1) is 9.81. The van der Waals surface area contributed by atoms with Crippen molar-refractivity contribution in [2.45, 2.75) is 39.8 Å². The standard InChI is InChI=1S/C14H18BrN3O3/c1-8(2)17-5-4-10-11(7-17)14(16-9(3)19)13(18(20)21)6-12(10)15/h6,8H,4-5,7H2,1-3H3,(H,16,19). The van der Waals surface area contributed by atoms with Crippen LogP contribution in [-0.4, -0.2) is 28.3 Å². The summed E-state index contributed by atoms with van der Waals surface area (Å²) in [6.45, 7) is 7.05. The van der Waals surface area contributed by atoms with Gasteiger partial charge in [-0.1, -0.05) is 15.9 Å². The lowest BCUT2D eigenvalue weighted by Crippen LogP contribution is -2.36. The van der Waals surface area contributed by atoms with Crippen molar-refractivity contribution in [1.29, 1.82) is 0 Å². The second kappa shape index (κ2) is 6.11. The lowest BCUT2D eigenvalue weighted by atomic mass is 9.96. The van der Waals surface area contributed by atoms with Gasteiger partial charge in [-0.25, -0.2) is 0 Å². The van der Waals surface area contributed by atoms with Gasteiger partial charge in [0.05, 0.1) is 4.92 Å². The topological polar surface area (TPSA) is 75.5 Å². The van der Waals surface area contributed by atoms with Crippen LogP contribution < -0.4 is 5.32 Å². The minimum atomic E-state index is -0.454. The molecule has 0 spiro atoms. The lowest BCUT2D eigenvalue weighted by molar-refractivity contribution is -0.384. The minimum absolute atomic E-state index is 0.0681. The van der Waals surface area contributed by atoms with E-state index in [9.17, 15) is 14.9 Å². The van der Waals surface area contributed by atoms with Gasteiger partial charge in [0.2, 0.25) is 5.91 Å². The monoisotopic (exact) mass is 355 g/mol. The maximum Gasteiger partial charge on any atom is 0.294 e. The molecule has 114 valence electrons. The number of hydrogen-bond donors (Lipinski definition) is 1. The van der Waals surface area contributed by atoms with Gasteiger partial charge in [-0.2, -0.15) is 0 Å². The number of nitrogens with one attached hydrogen (secondary N) is 1. The van der Waals surface area contributed by atoms with Gasteiger partial charge >= 0.3 is 0 Å². The van der Waals surface area contributed by atoms with Crippen molar-refractivity contribution in [3.05, 3.63) is 31.8 Å². The Bertz CT molecular complexity index is 602. The Morgan fingerprint density at radius 1 is 1.48 bits per heavy atom. The first-order valence-electron chi connectivity index (χ1n) is 6.81. The van der Waals surface area contributed by atoms with Crippen LogP contribution in [0.2, 0.25) is 0 Å². The highest BCUT2D eigenvalue weighted by molar-refractivity contribution is 9.10. The van der Waals surface area contributed by atoms with Crippen LogP contribution in [-0.2, 0) is 17.8 Å². The predicted molar refractivity (Wildman–Crippen MR) is 84.4 cm³/mol. The zero-order valence-electron chi connectivity index (χ0n) is 12.3. The Morgan fingerprint density at radius 2 is 2.14 bits per heavy atom. The van der Waals surface area contributed by atoms with Gasteiger partial charge < -0.3 is 5.32 Å². The summed E-state index contributed by atoms with van der Waals surface area (Å²) in [7, 11) is 0. The third kappa shape index (κ3) is 3.24. The van der Waals surface area contributed by atoms with Crippen LogP contribution in [0.1, 0.15) is 31.9 Å². The van der Waals surface area contributed by atoms with E-state index in [1.165, 1.54) is 13.0 Å². The Labute approximate surface area is 131 Å². The zero-order chi connectivity index (χ0) is 15.7. The Kier molecular flexibility index (Phi) is 4.63. The van der Waals surface area contributed by atoms with Crippen molar-refractivity contribution in [1.82, 2.24) is 4.90 Å². The molecule has 6 nitrogen and oxygen atoms in total. The molecule has 7 heteroatoms. The molecule has 21 heavy (non-hydrogen) atoms. The van der Waals surface area contributed by atoms with E-state index in [0.717, 1.165) is 28.6 Å². The normalized spacial score (nSPS) is 14.9. The predicted octanol–water partition coefficient (Wildman–Crippen LogP) is 3.08. The van der Waals surface area contributed by atoms with Crippen molar-refractivity contribution in [3.8, 4) is 0 Å². The molecule has 0 atom stereocenters. The molecule has 1 aromatic carbocycles. The van der Waals surface area contributed by atoms with Crippen LogP contribution >= 0.6 is 15.9 Å². The number of amides is 1.